The van der Waals surface area contributed by atoms with E-state index in [1.807, 2.05) is 19.9 Å². The lowest BCUT2D eigenvalue weighted by molar-refractivity contribution is -0.121. The van der Waals surface area contributed by atoms with Gasteiger partial charge in [-0.2, -0.15) is 5.11 Å². The van der Waals surface area contributed by atoms with Crippen LogP contribution in [0.25, 0.3) is 0 Å². The van der Waals surface area contributed by atoms with Crippen molar-refractivity contribution in [2.45, 2.75) is 32.9 Å². The number of fused-ring (bicyclic) bond motifs is 1. The summed E-state index contributed by atoms with van der Waals surface area (Å²) in [5, 5.41) is 9.25. The average Bonchev–Trinajstić information content (AvgIpc) is 3.10. The van der Waals surface area contributed by atoms with E-state index in [9.17, 15) is 14.0 Å². The van der Waals surface area contributed by atoms with Gasteiger partial charge in [0, 0.05) is 0 Å². The summed E-state index contributed by atoms with van der Waals surface area (Å²) in [7, 11) is 0. The Balaban J connectivity index is 1.72. The molecule has 2 aromatic carbocycles. The van der Waals surface area contributed by atoms with Gasteiger partial charge in [-0.1, -0.05) is 17.4 Å². The highest BCUT2D eigenvalue weighted by Gasteiger charge is 2.55. The van der Waals surface area contributed by atoms with Crippen LogP contribution in [0.2, 0.25) is 0 Å². The predicted molar refractivity (Wildman–Crippen MR) is 94.5 cm³/mol. The number of nitrogens with zero attached hydrogens (tertiary/aromatic N) is 4. The number of benzene rings is 2. The van der Waals surface area contributed by atoms with Gasteiger partial charge in [0.2, 0.25) is 0 Å². The number of imide groups is 1. The average molecular weight is 352 g/mol. The van der Waals surface area contributed by atoms with Crippen molar-refractivity contribution >= 4 is 23.2 Å². The van der Waals surface area contributed by atoms with Gasteiger partial charge in [0.25, 0.3) is 11.8 Å². The summed E-state index contributed by atoms with van der Waals surface area (Å²) < 4.78 is 13.9. The molecule has 2 heterocycles. The number of carbonyl (C=O) groups is 2. The molecule has 26 heavy (non-hydrogen) atoms. The molecule has 0 aromatic heterocycles. The fraction of sp³-hybridized carbons (Fsp3) is 0.263. The van der Waals surface area contributed by atoms with Gasteiger partial charge in [0.15, 0.2) is 12.1 Å². The number of hydrogen-bond acceptors (Lipinski definition) is 5. The van der Waals surface area contributed by atoms with Gasteiger partial charge in [-0.3, -0.25) is 9.59 Å². The summed E-state index contributed by atoms with van der Waals surface area (Å²) in [6, 6.07) is 8.32. The van der Waals surface area contributed by atoms with E-state index >= 15 is 0 Å². The Bertz CT molecular complexity index is 952. The smallest absolute Gasteiger partial charge is 0.263 e. The Morgan fingerprint density at radius 2 is 1.62 bits per heavy atom. The van der Waals surface area contributed by atoms with E-state index in [-0.39, 0.29) is 0 Å². The zero-order chi connectivity index (χ0) is 18.6. The van der Waals surface area contributed by atoms with Crippen LogP contribution >= 0.6 is 0 Å². The summed E-state index contributed by atoms with van der Waals surface area (Å²) in [6.45, 7) is 5.46. The molecular weight excluding hydrogens is 335 g/mol. The third-order valence-corrected chi connectivity index (χ3v) is 4.67. The van der Waals surface area contributed by atoms with Gasteiger partial charge in [0.05, 0.1) is 11.4 Å². The largest absolute Gasteiger partial charge is 0.271 e. The summed E-state index contributed by atoms with van der Waals surface area (Å²) in [5.41, 5.74) is 3.32. The minimum atomic E-state index is -0.910. The Morgan fingerprint density at radius 1 is 0.923 bits per heavy atom. The van der Waals surface area contributed by atoms with E-state index in [0.717, 1.165) is 16.0 Å². The van der Waals surface area contributed by atoms with Gasteiger partial charge in [0.1, 0.15) is 5.82 Å². The van der Waals surface area contributed by atoms with Crippen molar-refractivity contribution in [2.75, 3.05) is 9.91 Å². The van der Waals surface area contributed by atoms with Crippen LogP contribution in [0.5, 0.6) is 0 Å². The summed E-state index contributed by atoms with van der Waals surface area (Å²) in [6.07, 6.45) is 0. The van der Waals surface area contributed by atoms with Crippen LogP contribution in [0, 0.1) is 26.6 Å². The third-order valence-electron chi connectivity index (χ3n) is 4.67. The second kappa shape index (κ2) is 5.72. The van der Waals surface area contributed by atoms with Crippen molar-refractivity contribution in [1.29, 1.82) is 0 Å². The molecule has 4 rings (SSSR count). The fourth-order valence-electron chi connectivity index (χ4n) is 3.43. The van der Waals surface area contributed by atoms with E-state index in [2.05, 4.69) is 10.3 Å². The maximum atomic E-state index is 13.9. The second-order valence-corrected chi connectivity index (χ2v) is 6.73. The molecule has 2 amide bonds. The number of hydrogen-bond donors (Lipinski definition) is 0. The first-order chi connectivity index (χ1) is 12.4. The molecule has 1 saturated heterocycles. The monoisotopic (exact) mass is 352 g/mol. The van der Waals surface area contributed by atoms with Crippen LogP contribution in [-0.2, 0) is 9.59 Å². The zero-order valence-corrected chi connectivity index (χ0v) is 14.6. The lowest BCUT2D eigenvalue weighted by atomic mass is 10.1. The van der Waals surface area contributed by atoms with Crippen molar-refractivity contribution in [2.24, 2.45) is 10.3 Å². The summed E-state index contributed by atoms with van der Waals surface area (Å²) >= 11 is 0. The molecule has 0 spiro atoms. The minimum absolute atomic E-state index is 0.396. The summed E-state index contributed by atoms with van der Waals surface area (Å²) in [4.78, 5) is 26.9. The molecule has 0 radical (unpaired) electrons. The molecule has 132 valence electrons. The van der Waals surface area contributed by atoms with Crippen LogP contribution < -0.4 is 9.91 Å². The van der Waals surface area contributed by atoms with Gasteiger partial charge < -0.3 is 0 Å². The first-order valence-electron chi connectivity index (χ1n) is 8.29. The van der Waals surface area contributed by atoms with E-state index < -0.39 is 29.7 Å². The molecule has 0 saturated carbocycles. The van der Waals surface area contributed by atoms with Crippen LogP contribution in [0.1, 0.15) is 16.7 Å². The van der Waals surface area contributed by atoms with Crippen molar-refractivity contribution in [1.82, 2.24) is 0 Å². The Kier molecular flexibility index (Phi) is 3.61. The van der Waals surface area contributed by atoms with Gasteiger partial charge >= 0.3 is 0 Å². The molecule has 0 N–H and O–H groups in total. The first kappa shape index (κ1) is 16.4. The second-order valence-electron chi connectivity index (χ2n) is 6.73. The number of aryl methyl sites for hydroxylation is 3. The van der Waals surface area contributed by atoms with Crippen molar-refractivity contribution < 1.29 is 14.0 Å². The maximum Gasteiger partial charge on any atom is 0.263 e. The van der Waals surface area contributed by atoms with Gasteiger partial charge in [-0.15, -0.1) is 0 Å². The van der Waals surface area contributed by atoms with Crippen LogP contribution in [-0.4, -0.2) is 23.9 Å². The van der Waals surface area contributed by atoms with Crippen LogP contribution in [0.15, 0.2) is 46.7 Å². The lowest BCUT2D eigenvalue weighted by Crippen LogP contribution is -2.40. The quantitative estimate of drug-likeness (QED) is 0.780. The van der Waals surface area contributed by atoms with E-state index in [0.29, 0.717) is 16.9 Å². The van der Waals surface area contributed by atoms with E-state index in [4.69, 9.17) is 0 Å². The molecule has 2 aromatic rings. The minimum Gasteiger partial charge on any atom is -0.271 e. The number of rotatable bonds is 2. The first-order valence-corrected chi connectivity index (χ1v) is 8.29. The van der Waals surface area contributed by atoms with Crippen LogP contribution in [0.4, 0.5) is 15.8 Å². The molecule has 2 atom stereocenters. The molecule has 6 nitrogen and oxygen atoms in total. The third kappa shape index (κ3) is 2.39. The zero-order valence-electron chi connectivity index (χ0n) is 14.6. The number of amides is 2. The highest BCUT2D eigenvalue weighted by atomic mass is 19.1. The molecule has 7 heteroatoms. The molecular formula is C19H17FN4O2. The van der Waals surface area contributed by atoms with Crippen molar-refractivity contribution in [3.8, 4) is 0 Å². The molecule has 2 aliphatic rings. The fourth-order valence-corrected chi connectivity index (χ4v) is 3.43. The number of carbonyl (C=O) groups excluding carboxylic acids is 2. The Hall–Kier alpha value is -3.09. The normalized spacial score (nSPS) is 21.7. The van der Waals surface area contributed by atoms with Crippen molar-refractivity contribution in [3.63, 3.8) is 0 Å². The lowest BCUT2D eigenvalue weighted by Gasteiger charge is -2.21. The SMILES string of the molecule is Cc1cc(C)cc(N2C(=O)C3N=NN(c4ccc(C)c(F)c4)C3C2=O)c1. The van der Waals surface area contributed by atoms with Gasteiger partial charge in [-0.05, 0) is 61.7 Å². The highest BCUT2D eigenvalue weighted by molar-refractivity contribution is 6.26. The van der Waals surface area contributed by atoms with E-state index in [1.54, 1.807) is 31.2 Å². The molecule has 0 aliphatic carbocycles. The number of anilines is 2. The van der Waals surface area contributed by atoms with E-state index in [1.165, 1.54) is 11.1 Å². The predicted octanol–water partition coefficient (Wildman–Crippen LogP) is 3.25. The Labute approximate surface area is 149 Å². The topological polar surface area (TPSA) is 65.3 Å². The van der Waals surface area contributed by atoms with Crippen LogP contribution in [0.3, 0.4) is 0 Å². The summed E-state index contributed by atoms with van der Waals surface area (Å²) in [5.74, 6) is -1.22. The molecule has 0 bridgehead atoms. The van der Waals surface area contributed by atoms with Crippen molar-refractivity contribution in [3.05, 3.63) is 58.9 Å². The number of halogens is 1. The molecule has 1 fully saturated rings. The Morgan fingerprint density at radius 3 is 2.27 bits per heavy atom. The molecule has 2 aliphatic heterocycles. The molecule has 2 unspecified atom stereocenters. The standard InChI is InChI=1S/C19H17FN4O2/c1-10-6-11(2)8-14(7-10)23-18(25)16-17(19(23)26)24(22-21-16)13-5-4-12(3)15(20)9-13/h4-9,16-17H,1-3H3. The van der Waals surface area contributed by atoms with Gasteiger partial charge in [-0.25, -0.2) is 14.3 Å². The maximum absolute atomic E-state index is 13.9. The highest BCUT2D eigenvalue weighted by Crippen LogP contribution is 2.35.